The number of hydrogen-bond donors (Lipinski definition) is 1. The molecule has 0 amide bonds. The summed E-state index contributed by atoms with van der Waals surface area (Å²) >= 11 is 0. The van der Waals surface area contributed by atoms with E-state index >= 15 is 0 Å². The van der Waals surface area contributed by atoms with Crippen LogP contribution in [0.15, 0.2) is 0 Å². The van der Waals surface area contributed by atoms with Crippen molar-refractivity contribution in [3.8, 4) is 0 Å². The monoisotopic (exact) mass is 464 g/mol. The van der Waals surface area contributed by atoms with Crippen LogP contribution in [0.25, 0.3) is 0 Å². The molecule has 0 unspecified atom stereocenters. The van der Waals surface area contributed by atoms with Gasteiger partial charge < -0.3 is 5.11 Å². The van der Waals surface area contributed by atoms with Gasteiger partial charge in [-0.2, -0.15) is 0 Å². The zero-order valence-corrected chi connectivity index (χ0v) is 18.9. The Labute approximate surface area is 174 Å². The van der Waals surface area contributed by atoms with Crippen LogP contribution in [0.3, 0.4) is 0 Å². The van der Waals surface area contributed by atoms with E-state index in [4.69, 9.17) is 0 Å². The zero-order chi connectivity index (χ0) is 22.7. The SMILES string of the molecule is CC(C)(C)[C@@H](CO)N1C=[N+](CC23CC4CC(CC(C4)C2)C3)CC1.F[P-](F)(F)(F)(F)F. The van der Waals surface area contributed by atoms with Gasteiger partial charge in [0.15, 0.2) is 0 Å². The Morgan fingerprint density at radius 3 is 1.80 bits per heavy atom. The van der Waals surface area contributed by atoms with E-state index in [2.05, 4.69) is 36.6 Å². The van der Waals surface area contributed by atoms with Crippen LogP contribution < -0.4 is 0 Å². The first-order chi connectivity index (χ1) is 13.3. The van der Waals surface area contributed by atoms with Crippen LogP contribution in [0, 0.1) is 28.6 Å². The number of hydrogen-bond acceptors (Lipinski definition) is 2. The molecule has 0 spiro atoms. The minimum atomic E-state index is -10.7. The van der Waals surface area contributed by atoms with Crippen molar-refractivity contribution >= 4 is 14.1 Å². The minimum absolute atomic E-state index is 0.127. The van der Waals surface area contributed by atoms with Crippen molar-refractivity contribution in [2.24, 2.45) is 28.6 Å². The maximum absolute atomic E-state index is 10.7. The van der Waals surface area contributed by atoms with Crippen molar-refractivity contribution in [2.45, 2.75) is 65.3 Å². The van der Waals surface area contributed by atoms with Gasteiger partial charge in [0.2, 0.25) is 6.34 Å². The van der Waals surface area contributed by atoms with Gasteiger partial charge in [-0.15, -0.1) is 0 Å². The van der Waals surface area contributed by atoms with E-state index in [0.29, 0.717) is 5.41 Å². The topological polar surface area (TPSA) is 26.5 Å². The van der Waals surface area contributed by atoms with Gasteiger partial charge in [-0.3, -0.25) is 9.48 Å². The summed E-state index contributed by atoms with van der Waals surface area (Å²) in [5.74, 6) is 3.12. The Hall–Kier alpha value is -0.560. The number of nitrogens with zero attached hydrogens (tertiary/aromatic N) is 2. The van der Waals surface area contributed by atoms with E-state index in [0.717, 1.165) is 30.8 Å². The molecule has 4 aliphatic carbocycles. The number of rotatable bonds is 4. The Balaban J connectivity index is 0.000000318. The summed E-state index contributed by atoms with van der Waals surface area (Å²) in [4.78, 5) is 2.40. The second-order valence-corrected chi connectivity index (χ2v) is 13.2. The summed E-state index contributed by atoms with van der Waals surface area (Å²) < 4.78 is 61.8. The van der Waals surface area contributed by atoms with E-state index in [1.165, 1.54) is 45.1 Å². The average Bonchev–Trinajstić information content (AvgIpc) is 2.88. The van der Waals surface area contributed by atoms with Gasteiger partial charge in [0.25, 0.3) is 0 Å². The van der Waals surface area contributed by atoms with Gasteiger partial charge in [0.05, 0.1) is 13.2 Å². The molecule has 4 bridgehead atoms. The number of aliphatic hydroxyl groups excluding tert-OH is 1. The standard InChI is InChI=1S/C20H35N2O.F6P/c1-19(2,3)18(12-23)22-5-4-21(14-22)13-20-9-15-6-16(10-20)8-17(7-15)11-20;1-7(2,3,4,5)6/h14-18,23H,4-13H2,1-3H3;/q+1;-1/t15?,16?,17?,18-,20?;/m1./s1. The molecule has 1 N–H and O–H groups in total. The number of aliphatic hydroxyl groups is 1. The predicted octanol–water partition coefficient (Wildman–Crippen LogP) is 6.35. The van der Waals surface area contributed by atoms with Gasteiger partial charge in [-0.1, -0.05) is 20.8 Å². The molecule has 1 heterocycles. The molecule has 0 aromatic heterocycles. The molecule has 5 rings (SSSR count). The molecule has 4 fully saturated rings. The summed E-state index contributed by atoms with van der Waals surface area (Å²) in [6.07, 6.45) is 11.4. The van der Waals surface area contributed by atoms with Gasteiger partial charge in [-0.05, 0) is 56.3 Å². The Morgan fingerprint density at radius 1 is 1.00 bits per heavy atom. The average molecular weight is 464 g/mol. The summed E-state index contributed by atoms with van der Waals surface area (Å²) in [5, 5.41) is 9.83. The van der Waals surface area contributed by atoms with Gasteiger partial charge in [0, 0.05) is 10.8 Å². The van der Waals surface area contributed by atoms with Crippen LogP contribution in [0.5, 0.6) is 0 Å². The maximum atomic E-state index is 9.87. The first kappa shape index (κ1) is 24.1. The van der Waals surface area contributed by atoms with E-state index < -0.39 is 7.81 Å². The summed E-state index contributed by atoms with van der Waals surface area (Å²) in [7, 11) is -10.7. The third kappa shape index (κ3) is 6.98. The molecule has 4 saturated carbocycles. The van der Waals surface area contributed by atoms with E-state index in [-0.39, 0.29) is 18.1 Å². The number of halogens is 6. The molecule has 1 atom stereocenters. The molecule has 0 saturated heterocycles. The van der Waals surface area contributed by atoms with E-state index in [1.54, 1.807) is 0 Å². The fourth-order valence-electron chi connectivity index (χ4n) is 6.72. The molecule has 5 aliphatic rings. The Kier molecular flexibility index (Phi) is 5.59. The first-order valence-electron chi connectivity index (χ1n) is 10.8. The van der Waals surface area contributed by atoms with Crippen LogP contribution >= 0.6 is 7.81 Å². The van der Waals surface area contributed by atoms with Crippen LogP contribution in [0.4, 0.5) is 25.2 Å². The summed E-state index contributed by atoms with van der Waals surface area (Å²) in [6.45, 7) is 10.5. The van der Waals surface area contributed by atoms with E-state index in [1.807, 2.05) is 0 Å². The fraction of sp³-hybridized carbons (Fsp3) is 0.950. The van der Waals surface area contributed by atoms with E-state index in [9.17, 15) is 30.3 Å². The third-order valence-corrected chi connectivity index (χ3v) is 7.23. The molecular formula is C20H35F6N2OP. The molecule has 0 radical (unpaired) electrons. The van der Waals surface area contributed by atoms with Gasteiger partial charge >= 0.3 is 33.0 Å². The van der Waals surface area contributed by atoms with Crippen LogP contribution in [0.2, 0.25) is 0 Å². The summed E-state index contributed by atoms with van der Waals surface area (Å²) in [5.41, 5.74) is 0.750. The molecule has 0 aromatic rings. The molecule has 10 heteroatoms. The van der Waals surface area contributed by atoms with Gasteiger partial charge in [0.1, 0.15) is 19.1 Å². The normalized spacial score (nSPS) is 36.5. The molecular weight excluding hydrogens is 429 g/mol. The third-order valence-electron chi connectivity index (χ3n) is 7.23. The van der Waals surface area contributed by atoms with Crippen molar-refractivity contribution in [3.63, 3.8) is 0 Å². The second kappa shape index (κ2) is 6.97. The first-order valence-corrected chi connectivity index (χ1v) is 12.9. The zero-order valence-electron chi connectivity index (χ0n) is 18.0. The predicted molar refractivity (Wildman–Crippen MR) is 107 cm³/mol. The molecule has 1 aliphatic heterocycles. The van der Waals surface area contributed by atoms with Crippen molar-refractivity contribution in [2.75, 3.05) is 26.2 Å². The Morgan fingerprint density at radius 2 is 1.43 bits per heavy atom. The molecule has 3 nitrogen and oxygen atoms in total. The quantitative estimate of drug-likeness (QED) is 0.298. The van der Waals surface area contributed by atoms with Gasteiger partial charge in [-0.25, -0.2) is 0 Å². The fourth-order valence-corrected chi connectivity index (χ4v) is 6.72. The molecule has 30 heavy (non-hydrogen) atoms. The van der Waals surface area contributed by atoms with Crippen molar-refractivity contribution in [3.05, 3.63) is 0 Å². The van der Waals surface area contributed by atoms with Crippen molar-refractivity contribution < 1.29 is 34.9 Å². The second-order valence-electron chi connectivity index (χ2n) is 11.3. The van der Waals surface area contributed by atoms with Crippen molar-refractivity contribution in [1.29, 1.82) is 0 Å². The summed E-state index contributed by atoms with van der Waals surface area (Å²) in [6, 6.07) is 0.240. The molecule has 178 valence electrons. The Bertz CT molecular complexity index is 639. The van der Waals surface area contributed by atoms with Crippen LogP contribution in [-0.2, 0) is 0 Å². The van der Waals surface area contributed by atoms with Crippen LogP contribution in [0.1, 0.15) is 59.3 Å². The molecule has 0 aromatic carbocycles. The van der Waals surface area contributed by atoms with Crippen molar-refractivity contribution in [1.82, 2.24) is 4.90 Å². The van der Waals surface area contributed by atoms with Crippen LogP contribution in [-0.4, -0.2) is 53.2 Å².